The minimum atomic E-state index is -0.315. The second-order valence-corrected chi connectivity index (χ2v) is 10.5. The zero-order valence-corrected chi connectivity index (χ0v) is 24.2. The van der Waals surface area contributed by atoms with Crippen LogP contribution in [-0.4, -0.2) is 18.7 Å². The van der Waals surface area contributed by atoms with Gasteiger partial charge >= 0.3 is 5.97 Å². The number of esters is 1. The number of carbonyl (C=O) groups excluding carboxylic acids is 1. The maximum Gasteiger partial charge on any atom is 0.306 e. The largest absolute Gasteiger partial charge is 0.494 e. The van der Waals surface area contributed by atoms with Crippen molar-refractivity contribution in [2.24, 2.45) is 0 Å². The summed E-state index contributed by atoms with van der Waals surface area (Å²) < 4.78 is 25.7. The van der Waals surface area contributed by atoms with E-state index >= 15 is 0 Å². The van der Waals surface area contributed by atoms with Gasteiger partial charge in [-0.15, -0.1) is 0 Å². The maximum atomic E-state index is 14.8. The van der Waals surface area contributed by atoms with Gasteiger partial charge in [0.25, 0.3) is 0 Å². The van der Waals surface area contributed by atoms with Crippen LogP contribution in [0.15, 0.2) is 78.9 Å². The van der Waals surface area contributed by atoms with Crippen LogP contribution in [-0.2, 0) is 16.0 Å². The highest BCUT2D eigenvalue weighted by Crippen LogP contribution is 2.35. The Balaban J connectivity index is 1.66. The zero-order valence-electron chi connectivity index (χ0n) is 24.2. The molecule has 4 aromatic carbocycles. The van der Waals surface area contributed by atoms with Crippen LogP contribution in [0.2, 0.25) is 0 Å². The van der Waals surface area contributed by atoms with Crippen LogP contribution in [0.1, 0.15) is 76.2 Å². The summed E-state index contributed by atoms with van der Waals surface area (Å²) in [6.07, 6.45) is 1.15. The monoisotopic (exact) mass is 541 g/mol. The molecule has 0 amide bonds. The number of halogens is 1. The number of nitrogens with one attached hydrogen (secondary N) is 1. The van der Waals surface area contributed by atoms with E-state index in [-0.39, 0.29) is 36.4 Å². The quantitative estimate of drug-likeness (QED) is 0.182. The summed E-state index contributed by atoms with van der Waals surface area (Å²) in [6.45, 7) is 10.6. The molecule has 0 saturated carbocycles. The predicted octanol–water partition coefficient (Wildman–Crippen LogP) is 8.73. The number of hydrogen-bond acceptors (Lipinski definition) is 4. The van der Waals surface area contributed by atoms with E-state index in [0.717, 1.165) is 34.1 Å². The molecule has 4 aromatic rings. The molecular formula is C35H40FNO3. The molecule has 0 heterocycles. The molecule has 0 aromatic heterocycles. The highest BCUT2D eigenvalue weighted by Gasteiger charge is 2.18. The van der Waals surface area contributed by atoms with Crippen molar-refractivity contribution >= 4 is 16.7 Å². The molecule has 0 aliphatic carbocycles. The second kappa shape index (κ2) is 13.6. The average molecular weight is 542 g/mol. The van der Waals surface area contributed by atoms with Gasteiger partial charge in [0.1, 0.15) is 11.6 Å². The van der Waals surface area contributed by atoms with E-state index in [2.05, 4.69) is 55.6 Å². The van der Waals surface area contributed by atoms with Gasteiger partial charge in [0.05, 0.1) is 12.7 Å². The fraction of sp³-hybridized carbons (Fsp3) is 0.343. The molecule has 0 aliphatic heterocycles. The molecule has 0 aliphatic rings. The molecule has 0 fully saturated rings. The lowest BCUT2D eigenvalue weighted by molar-refractivity contribution is -0.147. The van der Waals surface area contributed by atoms with Crippen molar-refractivity contribution in [3.05, 3.63) is 101 Å². The van der Waals surface area contributed by atoms with Crippen molar-refractivity contribution in [1.29, 1.82) is 0 Å². The van der Waals surface area contributed by atoms with Crippen molar-refractivity contribution in [3.8, 4) is 16.9 Å². The third-order valence-electron chi connectivity index (χ3n) is 7.14. The SMILES string of the molecule is CCOc1cccc([C@@H](C)NC(CC)c2cc(-c3ccc(F)c(CCC(=O)OC(C)C)c3)c3ccccc3c2)c1. The molecule has 2 atom stereocenters. The minimum Gasteiger partial charge on any atom is -0.494 e. The highest BCUT2D eigenvalue weighted by atomic mass is 19.1. The summed E-state index contributed by atoms with van der Waals surface area (Å²) >= 11 is 0. The lowest BCUT2D eigenvalue weighted by Crippen LogP contribution is -2.24. The Kier molecular flexibility index (Phi) is 9.94. The maximum absolute atomic E-state index is 14.8. The summed E-state index contributed by atoms with van der Waals surface area (Å²) in [7, 11) is 0. The van der Waals surface area contributed by atoms with Gasteiger partial charge in [-0.05, 0) is 116 Å². The van der Waals surface area contributed by atoms with Gasteiger partial charge in [-0.2, -0.15) is 0 Å². The van der Waals surface area contributed by atoms with Crippen LogP contribution >= 0.6 is 0 Å². The Morgan fingerprint density at radius 3 is 2.45 bits per heavy atom. The third kappa shape index (κ3) is 7.28. The Bertz CT molecular complexity index is 1450. The van der Waals surface area contributed by atoms with E-state index in [1.54, 1.807) is 0 Å². The first-order chi connectivity index (χ1) is 19.3. The summed E-state index contributed by atoms with van der Waals surface area (Å²) in [5, 5.41) is 6.05. The number of hydrogen-bond donors (Lipinski definition) is 1. The second-order valence-electron chi connectivity index (χ2n) is 10.5. The van der Waals surface area contributed by atoms with E-state index in [1.807, 2.05) is 57.2 Å². The first-order valence-corrected chi connectivity index (χ1v) is 14.3. The fourth-order valence-corrected chi connectivity index (χ4v) is 5.15. The molecule has 0 saturated heterocycles. The van der Waals surface area contributed by atoms with Crippen LogP contribution in [0.3, 0.4) is 0 Å². The van der Waals surface area contributed by atoms with Crippen LogP contribution in [0.5, 0.6) is 5.75 Å². The predicted molar refractivity (Wildman–Crippen MR) is 161 cm³/mol. The Labute approximate surface area is 237 Å². The van der Waals surface area contributed by atoms with Gasteiger partial charge < -0.3 is 14.8 Å². The molecule has 1 N–H and O–H groups in total. The topological polar surface area (TPSA) is 47.6 Å². The van der Waals surface area contributed by atoms with E-state index in [0.29, 0.717) is 18.6 Å². The van der Waals surface area contributed by atoms with Gasteiger partial charge in [-0.3, -0.25) is 4.79 Å². The molecule has 5 heteroatoms. The Morgan fingerprint density at radius 1 is 0.900 bits per heavy atom. The zero-order chi connectivity index (χ0) is 28.6. The molecule has 0 bridgehead atoms. The van der Waals surface area contributed by atoms with Gasteiger partial charge in [0.15, 0.2) is 0 Å². The van der Waals surface area contributed by atoms with Gasteiger partial charge in [-0.1, -0.05) is 49.4 Å². The summed E-state index contributed by atoms with van der Waals surface area (Å²) in [6, 6.07) is 26.4. The van der Waals surface area contributed by atoms with E-state index in [9.17, 15) is 9.18 Å². The number of benzene rings is 4. The summed E-state index contributed by atoms with van der Waals surface area (Å²) in [5.41, 5.74) is 4.84. The molecule has 4 rings (SSSR count). The van der Waals surface area contributed by atoms with Crippen LogP contribution in [0.25, 0.3) is 21.9 Å². The minimum absolute atomic E-state index is 0.111. The molecule has 40 heavy (non-hydrogen) atoms. The van der Waals surface area contributed by atoms with Gasteiger partial charge in [-0.25, -0.2) is 4.39 Å². The average Bonchev–Trinajstić information content (AvgIpc) is 2.94. The van der Waals surface area contributed by atoms with E-state index < -0.39 is 0 Å². The van der Waals surface area contributed by atoms with Crippen LogP contribution in [0.4, 0.5) is 4.39 Å². The smallest absolute Gasteiger partial charge is 0.306 e. The first-order valence-electron chi connectivity index (χ1n) is 14.3. The normalized spacial score (nSPS) is 12.9. The molecular weight excluding hydrogens is 501 g/mol. The summed E-state index contributed by atoms with van der Waals surface area (Å²) in [5.74, 6) is 0.252. The van der Waals surface area contributed by atoms with E-state index in [4.69, 9.17) is 9.47 Å². The number of fused-ring (bicyclic) bond motifs is 1. The van der Waals surface area contributed by atoms with Crippen molar-refractivity contribution in [3.63, 3.8) is 0 Å². The fourth-order valence-electron chi connectivity index (χ4n) is 5.15. The van der Waals surface area contributed by atoms with Crippen molar-refractivity contribution in [2.45, 2.75) is 72.1 Å². The third-order valence-corrected chi connectivity index (χ3v) is 7.14. The van der Waals surface area contributed by atoms with Gasteiger partial charge in [0.2, 0.25) is 0 Å². The molecule has 0 spiro atoms. The number of ether oxygens (including phenoxy) is 2. The van der Waals surface area contributed by atoms with Crippen LogP contribution < -0.4 is 10.1 Å². The summed E-state index contributed by atoms with van der Waals surface area (Å²) in [4.78, 5) is 12.1. The molecule has 210 valence electrons. The molecule has 1 unspecified atom stereocenters. The van der Waals surface area contributed by atoms with Crippen molar-refractivity contribution in [1.82, 2.24) is 5.32 Å². The highest BCUT2D eigenvalue weighted by molar-refractivity contribution is 5.97. The Hall–Kier alpha value is -3.70. The number of rotatable bonds is 12. The lowest BCUT2D eigenvalue weighted by atomic mass is 9.91. The van der Waals surface area contributed by atoms with Gasteiger partial charge in [0, 0.05) is 18.5 Å². The number of aryl methyl sites for hydroxylation is 1. The standard InChI is InChI=1S/C35H40FNO3/c1-6-34(37-24(5)25-12-10-13-30(21-25)39-7-2)29-20-26-11-8-9-14-31(26)32(22-29)27-15-17-33(36)28(19-27)16-18-35(38)40-23(3)4/h8-15,17,19-24,34,37H,6-7,16,18H2,1-5H3/t24-,34?/m1/s1. The number of carbonyl (C=O) groups is 1. The Morgan fingerprint density at radius 2 is 1.70 bits per heavy atom. The van der Waals surface area contributed by atoms with Crippen LogP contribution in [0, 0.1) is 5.82 Å². The molecule has 4 nitrogen and oxygen atoms in total. The van der Waals surface area contributed by atoms with Crippen molar-refractivity contribution in [2.75, 3.05) is 6.61 Å². The van der Waals surface area contributed by atoms with E-state index in [1.165, 1.54) is 17.2 Å². The first kappa shape index (κ1) is 29.3. The molecule has 0 radical (unpaired) electrons. The van der Waals surface area contributed by atoms with Crippen molar-refractivity contribution < 1.29 is 18.7 Å². The lowest BCUT2D eigenvalue weighted by Gasteiger charge is -2.25.